The van der Waals surface area contributed by atoms with Crippen LogP contribution in [0.5, 0.6) is 0 Å². The molecule has 3 saturated heterocycles. The zero-order chi connectivity index (χ0) is 21.3. The Balaban J connectivity index is 1.53. The van der Waals surface area contributed by atoms with Crippen LogP contribution >= 0.6 is 0 Å². The van der Waals surface area contributed by atoms with E-state index in [1.165, 1.54) is 0 Å². The second-order valence-electron chi connectivity index (χ2n) is 8.96. The van der Waals surface area contributed by atoms with Gasteiger partial charge in [-0.05, 0) is 57.7 Å². The van der Waals surface area contributed by atoms with E-state index in [-0.39, 0.29) is 36.1 Å². The molecule has 7 nitrogen and oxygen atoms in total. The van der Waals surface area contributed by atoms with E-state index in [1.807, 2.05) is 36.9 Å². The van der Waals surface area contributed by atoms with E-state index in [2.05, 4.69) is 10.2 Å². The van der Waals surface area contributed by atoms with E-state index in [0.29, 0.717) is 17.8 Å². The highest BCUT2D eigenvalue weighted by Gasteiger charge is 2.35. The van der Waals surface area contributed by atoms with E-state index in [1.54, 1.807) is 4.90 Å². The number of likely N-dealkylation sites (tertiary alicyclic amines) is 2. The zero-order valence-corrected chi connectivity index (χ0v) is 18.0. The quantitative estimate of drug-likeness (QED) is 0.807. The number of benzene rings is 1. The molecule has 3 aliphatic rings. The van der Waals surface area contributed by atoms with Crippen molar-refractivity contribution in [1.82, 2.24) is 9.80 Å². The summed E-state index contributed by atoms with van der Waals surface area (Å²) in [6.45, 7) is 7.89. The first-order valence-electron chi connectivity index (χ1n) is 11.2. The first-order chi connectivity index (χ1) is 14.4. The molecule has 1 N–H and O–H groups in total. The lowest BCUT2D eigenvalue weighted by Gasteiger charge is -2.24. The van der Waals surface area contributed by atoms with Gasteiger partial charge >= 0.3 is 0 Å². The molecule has 0 radical (unpaired) electrons. The van der Waals surface area contributed by atoms with E-state index in [9.17, 15) is 14.4 Å². The molecule has 1 aromatic rings. The summed E-state index contributed by atoms with van der Waals surface area (Å²) in [5.74, 6) is -0.428. The van der Waals surface area contributed by atoms with Gasteiger partial charge in [0.1, 0.15) is 0 Å². The van der Waals surface area contributed by atoms with Crippen LogP contribution in [0.15, 0.2) is 18.2 Å². The van der Waals surface area contributed by atoms with Gasteiger partial charge in [0.05, 0.1) is 11.5 Å². The average molecular weight is 413 g/mol. The van der Waals surface area contributed by atoms with Gasteiger partial charge in [0.2, 0.25) is 11.8 Å². The van der Waals surface area contributed by atoms with Gasteiger partial charge in [0.15, 0.2) is 0 Å². The Morgan fingerprint density at radius 3 is 2.33 bits per heavy atom. The van der Waals surface area contributed by atoms with Crippen molar-refractivity contribution in [3.8, 4) is 0 Å². The van der Waals surface area contributed by atoms with Crippen LogP contribution in [-0.2, 0) is 9.59 Å². The molecule has 0 unspecified atom stereocenters. The van der Waals surface area contributed by atoms with Gasteiger partial charge in [0.25, 0.3) is 5.91 Å². The normalized spacial score (nSPS) is 21.8. The molecule has 0 saturated carbocycles. The molecule has 0 spiro atoms. The second-order valence-corrected chi connectivity index (χ2v) is 8.96. The number of carbonyl (C=O) groups is 3. The van der Waals surface area contributed by atoms with Crippen molar-refractivity contribution in [3.63, 3.8) is 0 Å². The average Bonchev–Trinajstić information content (AvgIpc) is 3.48. The fraction of sp³-hybridized carbons (Fsp3) is 0.609. The Morgan fingerprint density at radius 2 is 1.70 bits per heavy atom. The summed E-state index contributed by atoms with van der Waals surface area (Å²) in [4.78, 5) is 44.1. The Morgan fingerprint density at radius 1 is 1.03 bits per heavy atom. The predicted octanol–water partition coefficient (Wildman–Crippen LogP) is 2.72. The number of carbonyl (C=O) groups excluding carboxylic acids is 3. The topological polar surface area (TPSA) is 73.0 Å². The van der Waals surface area contributed by atoms with E-state index < -0.39 is 0 Å². The van der Waals surface area contributed by atoms with E-state index >= 15 is 0 Å². The molecule has 7 heteroatoms. The molecule has 3 fully saturated rings. The number of hydrogen-bond acceptors (Lipinski definition) is 4. The Labute approximate surface area is 178 Å². The minimum atomic E-state index is -0.351. The van der Waals surface area contributed by atoms with Crippen molar-refractivity contribution in [2.75, 3.05) is 42.9 Å². The van der Waals surface area contributed by atoms with Gasteiger partial charge < -0.3 is 20.0 Å². The molecular weight excluding hydrogens is 380 g/mol. The molecule has 1 aromatic carbocycles. The monoisotopic (exact) mass is 412 g/mol. The molecule has 162 valence electrons. The van der Waals surface area contributed by atoms with Gasteiger partial charge in [-0.15, -0.1) is 0 Å². The number of amides is 3. The van der Waals surface area contributed by atoms with E-state index in [4.69, 9.17) is 0 Å². The number of anilines is 2. The van der Waals surface area contributed by atoms with Crippen LogP contribution in [0.4, 0.5) is 11.4 Å². The SMILES string of the molecule is CC(C)N1C[C@@H](C(=O)Nc2ccc(N3CCCC3)c(C(=O)N3CCCC3)c2)CC1=O. The minimum absolute atomic E-state index is 0.0273. The summed E-state index contributed by atoms with van der Waals surface area (Å²) >= 11 is 0. The number of nitrogens with zero attached hydrogens (tertiary/aromatic N) is 3. The summed E-state index contributed by atoms with van der Waals surface area (Å²) in [5.41, 5.74) is 2.26. The first-order valence-corrected chi connectivity index (χ1v) is 11.2. The molecule has 3 heterocycles. The fourth-order valence-corrected chi connectivity index (χ4v) is 4.76. The molecule has 0 aliphatic carbocycles. The lowest BCUT2D eigenvalue weighted by Crippen LogP contribution is -2.33. The van der Waals surface area contributed by atoms with Crippen molar-refractivity contribution in [3.05, 3.63) is 23.8 Å². The van der Waals surface area contributed by atoms with Gasteiger partial charge in [-0.2, -0.15) is 0 Å². The zero-order valence-electron chi connectivity index (χ0n) is 18.0. The summed E-state index contributed by atoms with van der Waals surface area (Å²) in [5, 5.41) is 2.96. The van der Waals surface area contributed by atoms with Crippen LogP contribution in [0, 0.1) is 5.92 Å². The Hall–Kier alpha value is -2.57. The third-order valence-corrected chi connectivity index (χ3v) is 6.49. The second kappa shape index (κ2) is 8.66. The van der Waals surface area contributed by atoms with E-state index in [0.717, 1.165) is 57.5 Å². The van der Waals surface area contributed by atoms with Crippen LogP contribution in [0.3, 0.4) is 0 Å². The van der Waals surface area contributed by atoms with Crippen molar-refractivity contribution in [2.45, 2.75) is 52.0 Å². The standard InChI is InChI=1S/C23H32N4O3/c1-16(2)27-15-17(13-21(27)28)22(29)24-18-7-8-20(25-9-3-4-10-25)19(14-18)23(30)26-11-5-6-12-26/h7-8,14,16-17H,3-6,9-13,15H2,1-2H3,(H,24,29)/t17-/m0/s1. The Bertz CT molecular complexity index is 826. The molecule has 3 amide bonds. The first kappa shape index (κ1) is 20.7. The predicted molar refractivity (Wildman–Crippen MR) is 117 cm³/mol. The third kappa shape index (κ3) is 4.16. The van der Waals surface area contributed by atoms with Crippen LogP contribution in [0.25, 0.3) is 0 Å². The number of rotatable bonds is 5. The number of nitrogens with one attached hydrogen (secondary N) is 1. The highest BCUT2D eigenvalue weighted by Crippen LogP contribution is 2.30. The van der Waals surface area contributed by atoms with Crippen molar-refractivity contribution >= 4 is 29.1 Å². The van der Waals surface area contributed by atoms with Crippen molar-refractivity contribution in [2.24, 2.45) is 5.92 Å². The molecule has 1 atom stereocenters. The lowest BCUT2D eigenvalue weighted by molar-refractivity contribution is -0.129. The fourth-order valence-electron chi connectivity index (χ4n) is 4.76. The van der Waals surface area contributed by atoms with Gasteiger partial charge in [0, 0.05) is 56.6 Å². The Kier molecular flexibility index (Phi) is 5.97. The largest absolute Gasteiger partial charge is 0.371 e. The van der Waals surface area contributed by atoms with Gasteiger partial charge in [-0.25, -0.2) is 0 Å². The van der Waals surface area contributed by atoms with Gasteiger partial charge in [-0.1, -0.05) is 0 Å². The summed E-state index contributed by atoms with van der Waals surface area (Å²) in [6.07, 6.45) is 4.61. The van der Waals surface area contributed by atoms with Crippen LogP contribution in [0.2, 0.25) is 0 Å². The maximum atomic E-state index is 13.2. The molecule has 0 aromatic heterocycles. The van der Waals surface area contributed by atoms with Crippen molar-refractivity contribution < 1.29 is 14.4 Å². The molecule has 30 heavy (non-hydrogen) atoms. The highest BCUT2D eigenvalue weighted by atomic mass is 16.2. The smallest absolute Gasteiger partial charge is 0.256 e. The summed E-state index contributed by atoms with van der Waals surface area (Å²) in [7, 11) is 0. The van der Waals surface area contributed by atoms with Crippen LogP contribution < -0.4 is 10.2 Å². The minimum Gasteiger partial charge on any atom is -0.371 e. The molecular formula is C23H32N4O3. The third-order valence-electron chi connectivity index (χ3n) is 6.49. The van der Waals surface area contributed by atoms with Gasteiger partial charge in [-0.3, -0.25) is 14.4 Å². The molecule has 4 rings (SSSR count). The maximum Gasteiger partial charge on any atom is 0.256 e. The maximum absolute atomic E-state index is 13.2. The summed E-state index contributed by atoms with van der Waals surface area (Å²) in [6, 6.07) is 5.76. The highest BCUT2D eigenvalue weighted by molar-refractivity contribution is 6.03. The molecule has 3 aliphatic heterocycles. The van der Waals surface area contributed by atoms with Crippen LogP contribution in [0.1, 0.15) is 56.3 Å². The number of hydrogen-bond donors (Lipinski definition) is 1. The van der Waals surface area contributed by atoms with Crippen molar-refractivity contribution in [1.29, 1.82) is 0 Å². The summed E-state index contributed by atoms with van der Waals surface area (Å²) < 4.78 is 0. The van der Waals surface area contributed by atoms with Crippen LogP contribution in [-0.4, -0.2) is 66.3 Å². The molecule has 0 bridgehead atoms. The lowest BCUT2D eigenvalue weighted by atomic mass is 10.1.